The molecule has 0 radical (unpaired) electrons. The van der Waals surface area contributed by atoms with Gasteiger partial charge in [0.15, 0.2) is 0 Å². The van der Waals surface area contributed by atoms with Crippen molar-refractivity contribution >= 4 is 11.0 Å². The van der Waals surface area contributed by atoms with Gasteiger partial charge in [0.1, 0.15) is 17.7 Å². The van der Waals surface area contributed by atoms with Crippen molar-refractivity contribution in [1.29, 1.82) is 0 Å². The largest absolute Gasteiger partial charge is 0.385 e. The molecule has 3 nitrogen and oxygen atoms in total. The second kappa shape index (κ2) is 4.15. The van der Waals surface area contributed by atoms with E-state index in [9.17, 15) is 9.50 Å². The number of imidazole rings is 1. The lowest BCUT2D eigenvalue weighted by atomic mass is 10.0. The minimum Gasteiger partial charge on any atom is -0.385 e. The second-order valence-electron chi connectivity index (χ2n) is 5.15. The van der Waals surface area contributed by atoms with Crippen LogP contribution in [0.25, 0.3) is 11.0 Å². The third kappa shape index (κ3) is 1.58. The molecular formula is C16H13FN2O. The molecule has 0 bridgehead atoms. The number of rotatable bonds is 1. The van der Waals surface area contributed by atoms with Crippen LogP contribution in [0, 0.1) is 5.82 Å². The molecule has 4 heteroatoms. The van der Waals surface area contributed by atoms with Crippen LogP contribution in [-0.2, 0) is 0 Å². The molecule has 2 atom stereocenters. The maximum absolute atomic E-state index is 13.5. The lowest BCUT2D eigenvalue weighted by Crippen LogP contribution is -2.05. The Kier molecular flexibility index (Phi) is 2.41. The number of aliphatic hydroxyl groups excluding tert-OH is 1. The summed E-state index contributed by atoms with van der Waals surface area (Å²) < 4.78 is 15.5. The van der Waals surface area contributed by atoms with Crippen molar-refractivity contribution in [3.63, 3.8) is 0 Å². The van der Waals surface area contributed by atoms with Gasteiger partial charge < -0.3 is 9.67 Å². The first-order valence-corrected chi connectivity index (χ1v) is 6.64. The SMILES string of the molecule is OC1CC(c2ccccc2)n2c1nc1ccc(F)cc12. The van der Waals surface area contributed by atoms with Crippen LogP contribution in [0.15, 0.2) is 48.5 Å². The van der Waals surface area contributed by atoms with Crippen molar-refractivity contribution in [2.75, 3.05) is 0 Å². The Morgan fingerprint density at radius 1 is 1.15 bits per heavy atom. The first-order valence-electron chi connectivity index (χ1n) is 6.64. The third-order valence-corrected chi connectivity index (χ3v) is 3.92. The quantitative estimate of drug-likeness (QED) is 0.736. The van der Waals surface area contributed by atoms with E-state index in [1.54, 1.807) is 6.07 Å². The van der Waals surface area contributed by atoms with Gasteiger partial charge in [0.2, 0.25) is 0 Å². The number of aliphatic hydroxyl groups is 1. The lowest BCUT2D eigenvalue weighted by molar-refractivity contribution is 0.172. The zero-order valence-electron chi connectivity index (χ0n) is 10.7. The molecule has 0 aliphatic carbocycles. The van der Waals surface area contributed by atoms with E-state index in [-0.39, 0.29) is 11.9 Å². The molecule has 0 spiro atoms. The summed E-state index contributed by atoms with van der Waals surface area (Å²) in [4.78, 5) is 4.44. The lowest BCUT2D eigenvalue weighted by Gasteiger charge is -2.14. The zero-order chi connectivity index (χ0) is 13.7. The molecule has 1 N–H and O–H groups in total. The van der Waals surface area contributed by atoms with Gasteiger partial charge in [-0.2, -0.15) is 0 Å². The number of hydrogen-bond acceptors (Lipinski definition) is 2. The molecule has 2 heterocycles. The summed E-state index contributed by atoms with van der Waals surface area (Å²) in [5, 5.41) is 10.2. The van der Waals surface area contributed by atoms with Crippen LogP contribution >= 0.6 is 0 Å². The summed E-state index contributed by atoms with van der Waals surface area (Å²) in [5.41, 5.74) is 2.57. The van der Waals surface area contributed by atoms with Crippen LogP contribution in [0.5, 0.6) is 0 Å². The third-order valence-electron chi connectivity index (χ3n) is 3.92. The molecule has 100 valence electrons. The molecule has 2 aromatic carbocycles. The molecule has 0 saturated heterocycles. The monoisotopic (exact) mass is 268 g/mol. The highest BCUT2D eigenvalue weighted by Gasteiger charge is 2.33. The molecule has 3 aromatic rings. The van der Waals surface area contributed by atoms with Crippen LogP contribution in [-0.4, -0.2) is 14.7 Å². The van der Waals surface area contributed by atoms with Crippen molar-refractivity contribution in [2.24, 2.45) is 0 Å². The van der Waals surface area contributed by atoms with Crippen LogP contribution < -0.4 is 0 Å². The zero-order valence-corrected chi connectivity index (χ0v) is 10.7. The minimum absolute atomic E-state index is 0.00741. The number of aromatic nitrogens is 2. The van der Waals surface area contributed by atoms with Gasteiger partial charge in [-0.1, -0.05) is 30.3 Å². The molecule has 4 rings (SSSR count). The molecule has 2 unspecified atom stereocenters. The summed E-state index contributed by atoms with van der Waals surface area (Å²) in [6.07, 6.45) is -0.0191. The van der Waals surface area contributed by atoms with Crippen molar-refractivity contribution in [3.8, 4) is 0 Å². The van der Waals surface area contributed by atoms with E-state index in [1.165, 1.54) is 12.1 Å². The Morgan fingerprint density at radius 2 is 1.95 bits per heavy atom. The van der Waals surface area contributed by atoms with E-state index in [1.807, 2.05) is 34.9 Å². The summed E-state index contributed by atoms with van der Waals surface area (Å²) in [5.74, 6) is 0.341. The highest BCUT2D eigenvalue weighted by atomic mass is 19.1. The Bertz CT molecular complexity index is 782. The molecule has 1 aromatic heterocycles. The van der Waals surface area contributed by atoms with Gasteiger partial charge in [-0.3, -0.25) is 0 Å². The molecular weight excluding hydrogens is 255 g/mol. The smallest absolute Gasteiger partial charge is 0.139 e. The Hall–Kier alpha value is -2.20. The van der Waals surface area contributed by atoms with Gasteiger partial charge in [-0.05, 0) is 23.8 Å². The average Bonchev–Trinajstić information content (AvgIpc) is 2.98. The summed E-state index contributed by atoms with van der Waals surface area (Å²) in [7, 11) is 0. The van der Waals surface area contributed by atoms with Gasteiger partial charge >= 0.3 is 0 Å². The molecule has 0 saturated carbocycles. The molecule has 0 amide bonds. The fourth-order valence-corrected chi connectivity index (χ4v) is 3.03. The van der Waals surface area contributed by atoms with Crippen LogP contribution in [0.1, 0.15) is 30.0 Å². The predicted molar refractivity (Wildman–Crippen MR) is 73.8 cm³/mol. The van der Waals surface area contributed by atoms with Crippen molar-refractivity contribution < 1.29 is 9.50 Å². The number of halogens is 1. The topological polar surface area (TPSA) is 38.0 Å². The first kappa shape index (κ1) is 11.6. The van der Waals surface area contributed by atoms with Crippen LogP contribution in [0.4, 0.5) is 4.39 Å². The predicted octanol–water partition coefficient (Wildman–Crippen LogP) is 3.20. The Labute approximate surface area is 115 Å². The van der Waals surface area contributed by atoms with E-state index >= 15 is 0 Å². The van der Waals surface area contributed by atoms with Crippen molar-refractivity contribution in [2.45, 2.75) is 18.6 Å². The van der Waals surface area contributed by atoms with E-state index in [0.29, 0.717) is 12.2 Å². The number of hydrogen-bond donors (Lipinski definition) is 1. The number of nitrogens with zero attached hydrogens (tertiary/aromatic N) is 2. The molecule has 1 aliphatic heterocycles. The first-order chi connectivity index (χ1) is 9.74. The molecule has 20 heavy (non-hydrogen) atoms. The number of fused-ring (bicyclic) bond motifs is 3. The van der Waals surface area contributed by atoms with Crippen molar-refractivity contribution in [1.82, 2.24) is 9.55 Å². The Morgan fingerprint density at radius 3 is 2.75 bits per heavy atom. The van der Waals surface area contributed by atoms with Gasteiger partial charge in [0, 0.05) is 6.42 Å². The van der Waals surface area contributed by atoms with Crippen LogP contribution in [0.3, 0.4) is 0 Å². The van der Waals surface area contributed by atoms with Gasteiger partial charge in [0.25, 0.3) is 0 Å². The summed E-state index contributed by atoms with van der Waals surface area (Å²) in [6, 6.07) is 14.5. The van der Waals surface area contributed by atoms with Gasteiger partial charge in [-0.25, -0.2) is 9.37 Å². The minimum atomic E-state index is -0.601. The van der Waals surface area contributed by atoms with E-state index < -0.39 is 6.10 Å². The highest BCUT2D eigenvalue weighted by Crippen LogP contribution is 2.40. The fraction of sp³-hybridized carbons (Fsp3) is 0.188. The number of benzene rings is 2. The highest BCUT2D eigenvalue weighted by molar-refractivity contribution is 5.77. The van der Waals surface area contributed by atoms with Gasteiger partial charge in [-0.15, -0.1) is 0 Å². The van der Waals surface area contributed by atoms with Gasteiger partial charge in [0.05, 0.1) is 17.1 Å². The van der Waals surface area contributed by atoms with Crippen LogP contribution in [0.2, 0.25) is 0 Å². The summed E-state index contributed by atoms with van der Waals surface area (Å²) >= 11 is 0. The maximum atomic E-state index is 13.5. The normalized spacial score (nSPS) is 21.3. The molecule has 1 aliphatic rings. The standard InChI is InChI=1S/C16H13FN2O/c17-11-6-7-12-14(8-11)19-13(9-15(20)16(19)18-12)10-4-2-1-3-5-10/h1-8,13,15,20H,9H2. The fourth-order valence-electron chi connectivity index (χ4n) is 3.03. The summed E-state index contributed by atoms with van der Waals surface area (Å²) in [6.45, 7) is 0. The average molecular weight is 268 g/mol. The van der Waals surface area contributed by atoms with E-state index in [0.717, 1.165) is 16.6 Å². The van der Waals surface area contributed by atoms with E-state index in [2.05, 4.69) is 4.98 Å². The maximum Gasteiger partial charge on any atom is 0.139 e. The second-order valence-corrected chi connectivity index (χ2v) is 5.15. The van der Waals surface area contributed by atoms with E-state index in [4.69, 9.17) is 0 Å². The Balaban J connectivity index is 1.97. The van der Waals surface area contributed by atoms with Crippen molar-refractivity contribution in [3.05, 3.63) is 65.7 Å². The molecule has 0 fully saturated rings.